The first kappa shape index (κ1) is 22.5. The highest BCUT2D eigenvalue weighted by Crippen LogP contribution is 2.35. The average molecular weight is 480 g/mol. The molecule has 168 valence electrons. The number of benzene rings is 1. The second-order valence-electron chi connectivity index (χ2n) is 7.19. The van der Waals surface area contributed by atoms with Gasteiger partial charge < -0.3 is 4.90 Å². The molecule has 1 saturated heterocycles. The smallest absolute Gasteiger partial charge is 0.213 e. The van der Waals surface area contributed by atoms with Crippen LogP contribution in [0.4, 0.5) is 14.6 Å². The summed E-state index contributed by atoms with van der Waals surface area (Å²) in [6.45, 7) is 3.14. The molecule has 4 rings (SSSR count). The van der Waals surface area contributed by atoms with Crippen molar-refractivity contribution in [1.29, 1.82) is 0 Å². The molecule has 1 aliphatic rings. The maximum Gasteiger partial charge on any atom is 0.213 e. The van der Waals surface area contributed by atoms with Crippen LogP contribution < -0.4 is 4.90 Å². The van der Waals surface area contributed by atoms with E-state index in [0.717, 1.165) is 12.1 Å². The minimum absolute atomic E-state index is 0.0510. The highest BCUT2D eigenvalue weighted by atomic mass is 35.5. The molecule has 3 aromatic rings. The van der Waals surface area contributed by atoms with Crippen LogP contribution in [0.2, 0.25) is 5.02 Å². The molecule has 3 heterocycles. The molecule has 0 atom stereocenters. The predicted octanol–water partition coefficient (Wildman–Crippen LogP) is 3.61. The lowest BCUT2D eigenvalue weighted by Gasteiger charge is -2.34. The van der Waals surface area contributed by atoms with Gasteiger partial charge in [0.15, 0.2) is 0 Å². The fourth-order valence-electron chi connectivity index (χ4n) is 3.54. The Bertz CT molecular complexity index is 1250. The predicted molar refractivity (Wildman–Crippen MR) is 119 cm³/mol. The van der Waals surface area contributed by atoms with Gasteiger partial charge in [0.1, 0.15) is 23.1 Å². The maximum absolute atomic E-state index is 14.6. The summed E-state index contributed by atoms with van der Waals surface area (Å²) in [5.74, 6) is -0.904. The van der Waals surface area contributed by atoms with Gasteiger partial charge in [0.2, 0.25) is 10.0 Å². The Morgan fingerprint density at radius 1 is 1.03 bits per heavy atom. The first-order valence-electron chi connectivity index (χ1n) is 9.95. The van der Waals surface area contributed by atoms with Crippen LogP contribution in [0, 0.1) is 11.6 Å². The fourth-order valence-corrected chi connectivity index (χ4v) is 4.84. The van der Waals surface area contributed by atoms with Gasteiger partial charge in [-0.15, -0.1) is 0 Å². The summed E-state index contributed by atoms with van der Waals surface area (Å²) in [5.41, 5.74) is 1.13. The first-order chi connectivity index (χ1) is 15.3. The van der Waals surface area contributed by atoms with Crippen molar-refractivity contribution in [2.75, 3.05) is 36.8 Å². The molecule has 0 aliphatic carbocycles. The summed E-state index contributed by atoms with van der Waals surface area (Å²) in [7, 11) is -3.26. The van der Waals surface area contributed by atoms with E-state index in [0.29, 0.717) is 48.3 Å². The van der Waals surface area contributed by atoms with E-state index in [1.807, 2.05) is 4.90 Å². The van der Waals surface area contributed by atoms with E-state index >= 15 is 0 Å². The van der Waals surface area contributed by atoms with Crippen molar-refractivity contribution in [2.45, 2.75) is 6.92 Å². The lowest BCUT2D eigenvalue weighted by Crippen LogP contribution is -2.49. The zero-order valence-electron chi connectivity index (χ0n) is 17.2. The lowest BCUT2D eigenvalue weighted by molar-refractivity contribution is 0.384. The van der Waals surface area contributed by atoms with Gasteiger partial charge in [-0.05, 0) is 25.1 Å². The summed E-state index contributed by atoms with van der Waals surface area (Å²) >= 11 is 6.34. The summed E-state index contributed by atoms with van der Waals surface area (Å²) in [6, 6.07) is 4.89. The summed E-state index contributed by atoms with van der Waals surface area (Å²) in [5, 5.41) is 0.307. The van der Waals surface area contributed by atoms with Crippen LogP contribution >= 0.6 is 11.6 Å². The van der Waals surface area contributed by atoms with Crippen molar-refractivity contribution in [1.82, 2.24) is 19.3 Å². The van der Waals surface area contributed by atoms with Gasteiger partial charge in [-0.25, -0.2) is 27.2 Å². The number of piperazine rings is 1. The van der Waals surface area contributed by atoms with Crippen LogP contribution in [0.5, 0.6) is 0 Å². The molecule has 0 spiro atoms. The Balaban J connectivity index is 1.74. The van der Waals surface area contributed by atoms with Crippen molar-refractivity contribution < 1.29 is 17.2 Å². The van der Waals surface area contributed by atoms with Gasteiger partial charge in [-0.2, -0.15) is 4.31 Å². The van der Waals surface area contributed by atoms with Crippen molar-refractivity contribution in [2.24, 2.45) is 0 Å². The third-order valence-electron chi connectivity index (χ3n) is 5.29. The second kappa shape index (κ2) is 9.05. The minimum Gasteiger partial charge on any atom is -0.353 e. The van der Waals surface area contributed by atoms with E-state index in [9.17, 15) is 17.2 Å². The molecule has 32 heavy (non-hydrogen) atoms. The van der Waals surface area contributed by atoms with Crippen LogP contribution in [0.1, 0.15) is 6.92 Å². The number of halogens is 3. The summed E-state index contributed by atoms with van der Waals surface area (Å²) < 4.78 is 53.7. The quantitative estimate of drug-likeness (QED) is 0.556. The van der Waals surface area contributed by atoms with E-state index < -0.39 is 21.7 Å². The van der Waals surface area contributed by atoms with Crippen molar-refractivity contribution in [3.05, 3.63) is 59.5 Å². The number of nitrogens with zero attached hydrogens (tertiary/aromatic N) is 5. The van der Waals surface area contributed by atoms with Crippen LogP contribution in [0.15, 0.2) is 42.9 Å². The average Bonchev–Trinajstić information content (AvgIpc) is 2.79. The van der Waals surface area contributed by atoms with Gasteiger partial charge in [0.25, 0.3) is 0 Å². The molecule has 0 saturated carbocycles. The van der Waals surface area contributed by atoms with E-state index in [1.54, 1.807) is 13.0 Å². The zero-order valence-corrected chi connectivity index (χ0v) is 18.7. The molecule has 0 unspecified atom stereocenters. The van der Waals surface area contributed by atoms with Crippen molar-refractivity contribution >= 4 is 27.4 Å². The maximum atomic E-state index is 14.6. The largest absolute Gasteiger partial charge is 0.353 e. The summed E-state index contributed by atoms with van der Waals surface area (Å²) in [6.07, 6.45) is 4.49. The van der Waals surface area contributed by atoms with E-state index in [-0.39, 0.29) is 17.0 Å². The molecular weight excluding hydrogens is 460 g/mol. The highest BCUT2D eigenvalue weighted by molar-refractivity contribution is 7.89. The topological polar surface area (TPSA) is 79.3 Å². The highest BCUT2D eigenvalue weighted by Gasteiger charge is 2.27. The zero-order chi connectivity index (χ0) is 22.9. The van der Waals surface area contributed by atoms with Gasteiger partial charge >= 0.3 is 0 Å². The van der Waals surface area contributed by atoms with Crippen LogP contribution in [0.3, 0.4) is 0 Å². The number of pyridine rings is 1. The Hall–Kier alpha value is -2.69. The van der Waals surface area contributed by atoms with Crippen LogP contribution in [-0.2, 0) is 10.0 Å². The minimum atomic E-state index is -3.26. The summed E-state index contributed by atoms with van der Waals surface area (Å²) in [4.78, 5) is 15.0. The molecule has 1 aliphatic heterocycles. The number of rotatable bonds is 5. The Kier molecular flexibility index (Phi) is 6.36. The van der Waals surface area contributed by atoms with Crippen molar-refractivity contribution in [3.8, 4) is 22.5 Å². The molecule has 0 N–H and O–H groups in total. The fraction of sp³-hybridized carbons (Fsp3) is 0.286. The number of anilines is 1. The normalized spacial score (nSPS) is 15.2. The SMILES string of the molecule is CCS(=O)(=O)N1CCN(c2cnc(-c3ccc(F)cc3F)c(-c3ccncc3Cl)n2)CC1. The van der Waals surface area contributed by atoms with Gasteiger partial charge in [-0.1, -0.05) is 11.6 Å². The molecule has 0 bridgehead atoms. The Labute approximate surface area is 189 Å². The van der Waals surface area contributed by atoms with E-state index in [1.165, 1.54) is 29.0 Å². The Morgan fingerprint density at radius 2 is 1.78 bits per heavy atom. The number of sulfonamides is 1. The monoisotopic (exact) mass is 479 g/mol. The second-order valence-corrected chi connectivity index (χ2v) is 9.86. The Morgan fingerprint density at radius 3 is 2.44 bits per heavy atom. The number of hydrogen-bond donors (Lipinski definition) is 0. The van der Waals surface area contributed by atoms with Gasteiger partial charge in [-0.3, -0.25) is 4.98 Å². The van der Waals surface area contributed by atoms with Gasteiger partial charge in [0.05, 0.1) is 22.7 Å². The van der Waals surface area contributed by atoms with Crippen LogP contribution in [-0.4, -0.2) is 59.6 Å². The van der Waals surface area contributed by atoms with Crippen LogP contribution in [0.25, 0.3) is 22.5 Å². The van der Waals surface area contributed by atoms with E-state index in [2.05, 4.69) is 9.97 Å². The molecule has 7 nitrogen and oxygen atoms in total. The number of hydrogen-bond acceptors (Lipinski definition) is 6. The molecule has 0 radical (unpaired) electrons. The third kappa shape index (κ3) is 4.43. The molecule has 0 amide bonds. The first-order valence-corrected chi connectivity index (χ1v) is 11.9. The molecule has 11 heteroatoms. The third-order valence-corrected chi connectivity index (χ3v) is 7.48. The molecular formula is C21H20ClF2N5O2S. The molecule has 1 fully saturated rings. The molecule has 1 aromatic carbocycles. The lowest BCUT2D eigenvalue weighted by atomic mass is 10.0. The van der Waals surface area contributed by atoms with E-state index in [4.69, 9.17) is 16.6 Å². The molecule has 2 aromatic heterocycles. The van der Waals surface area contributed by atoms with Crippen molar-refractivity contribution in [3.63, 3.8) is 0 Å². The number of aromatic nitrogens is 3. The van der Waals surface area contributed by atoms with Gasteiger partial charge in [0, 0.05) is 55.8 Å². The standard InChI is InChI=1S/C21H20ClF2N5O2S/c1-2-32(30,31)29-9-7-28(8-10-29)19-13-26-20(16-4-3-14(23)11-18(16)24)21(27-19)15-5-6-25-12-17(15)22/h3-6,11-13H,2,7-10H2,1H3.